The first-order valence-electron chi connectivity index (χ1n) is 6.43. The van der Waals surface area contributed by atoms with Crippen LogP contribution < -0.4 is 4.74 Å². The molecular formula is C15H17ClO6. The van der Waals surface area contributed by atoms with E-state index in [1.54, 1.807) is 24.3 Å². The summed E-state index contributed by atoms with van der Waals surface area (Å²) in [7, 11) is 0. The molecule has 1 unspecified atom stereocenters. The summed E-state index contributed by atoms with van der Waals surface area (Å²) >= 11 is 5.71. The quantitative estimate of drug-likeness (QED) is 0.578. The Morgan fingerprint density at radius 3 is 2.41 bits per heavy atom. The molecule has 1 atom stereocenters. The Morgan fingerprint density at radius 2 is 1.82 bits per heavy atom. The monoisotopic (exact) mass is 328 g/mol. The van der Waals surface area contributed by atoms with E-state index in [0.29, 0.717) is 10.8 Å². The van der Waals surface area contributed by atoms with Crippen molar-refractivity contribution < 1.29 is 28.9 Å². The van der Waals surface area contributed by atoms with E-state index < -0.39 is 18.0 Å². The molecule has 0 saturated carbocycles. The number of carbonyl (C=O) groups is 2. The number of ether oxygens (including phenoxy) is 3. The topological polar surface area (TPSA) is 82.1 Å². The van der Waals surface area contributed by atoms with Crippen molar-refractivity contribution in [3.05, 3.63) is 41.4 Å². The molecule has 6 nitrogen and oxygen atoms in total. The van der Waals surface area contributed by atoms with Gasteiger partial charge in [0.05, 0.1) is 0 Å². The third-order valence-corrected chi connectivity index (χ3v) is 2.61. The second kappa shape index (κ2) is 9.07. The number of aliphatic hydroxyl groups is 1. The van der Waals surface area contributed by atoms with Crippen LogP contribution in [0.5, 0.6) is 5.75 Å². The van der Waals surface area contributed by atoms with Gasteiger partial charge in [0.1, 0.15) is 25.1 Å². The Hall–Kier alpha value is -2.05. The summed E-state index contributed by atoms with van der Waals surface area (Å²) in [6, 6.07) is 6.48. The lowest BCUT2D eigenvalue weighted by Crippen LogP contribution is -2.27. The van der Waals surface area contributed by atoms with Gasteiger partial charge >= 0.3 is 11.9 Å². The minimum Gasteiger partial charge on any atom is -0.482 e. The minimum atomic E-state index is -1.11. The van der Waals surface area contributed by atoms with Crippen LogP contribution in [0.3, 0.4) is 0 Å². The number of rotatable bonds is 8. The average Bonchev–Trinajstić information content (AvgIpc) is 2.49. The summed E-state index contributed by atoms with van der Waals surface area (Å²) in [5.74, 6) is -0.797. The van der Waals surface area contributed by atoms with Gasteiger partial charge in [-0.3, -0.25) is 0 Å². The summed E-state index contributed by atoms with van der Waals surface area (Å²) < 4.78 is 14.7. The summed E-state index contributed by atoms with van der Waals surface area (Å²) in [6.07, 6.45) is -1.11. The van der Waals surface area contributed by atoms with Crippen LogP contribution in [-0.4, -0.2) is 43.0 Å². The van der Waals surface area contributed by atoms with E-state index in [0.717, 1.165) is 0 Å². The summed E-state index contributed by atoms with van der Waals surface area (Å²) in [4.78, 5) is 22.5. The highest BCUT2D eigenvalue weighted by Crippen LogP contribution is 2.15. The van der Waals surface area contributed by atoms with Crippen molar-refractivity contribution in [1.82, 2.24) is 0 Å². The van der Waals surface area contributed by atoms with Crippen molar-refractivity contribution in [2.45, 2.75) is 13.0 Å². The SMILES string of the molecule is C=C(C)C(=O)OCC(O)COC(=O)COc1ccc(Cl)cc1. The number of aliphatic hydroxyl groups excluding tert-OH is 1. The first-order chi connectivity index (χ1) is 10.4. The van der Waals surface area contributed by atoms with Gasteiger partial charge in [-0.2, -0.15) is 0 Å². The van der Waals surface area contributed by atoms with Crippen molar-refractivity contribution in [1.29, 1.82) is 0 Å². The van der Waals surface area contributed by atoms with Gasteiger partial charge in [-0.05, 0) is 31.2 Å². The van der Waals surface area contributed by atoms with Gasteiger partial charge in [-0.1, -0.05) is 18.2 Å². The maximum absolute atomic E-state index is 11.4. The van der Waals surface area contributed by atoms with Gasteiger partial charge in [0.25, 0.3) is 0 Å². The van der Waals surface area contributed by atoms with E-state index in [-0.39, 0.29) is 25.4 Å². The van der Waals surface area contributed by atoms with E-state index in [2.05, 4.69) is 6.58 Å². The maximum atomic E-state index is 11.4. The van der Waals surface area contributed by atoms with E-state index in [9.17, 15) is 14.7 Å². The van der Waals surface area contributed by atoms with Crippen LogP contribution >= 0.6 is 11.6 Å². The Balaban J connectivity index is 2.21. The Kier molecular flexibility index (Phi) is 7.42. The Morgan fingerprint density at radius 1 is 1.23 bits per heavy atom. The van der Waals surface area contributed by atoms with E-state index in [1.165, 1.54) is 6.92 Å². The van der Waals surface area contributed by atoms with Gasteiger partial charge < -0.3 is 19.3 Å². The maximum Gasteiger partial charge on any atom is 0.344 e. The third kappa shape index (κ3) is 7.10. The lowest BCUT2D eigenvalue weighted by atomic mass is 10.3. The predicted molar refractivity (Wildman–Crippen MR) is 79.7 cm³/mol. The van der Waals surface area contributed by atoms with Crippen molar-refractivity contribution >= 4 is 23.5 Å². The average molecular weight is 329 g/mol. The highest BCUT2D eigenvalue weighted by Gasteiger charge is 2.12. The summed E-state index contributed by atoms with van der Waals surface area (Å²) in [6.45, 7) is 4.00. The van der Waals surface area contributed by atoms with Gasteiger partial charge in [-0.25, -0.2) is 9.59 Å². The molecule has 1 rings (SSSR count). The van der Waals surface area contributed by atoms with Crippen LogP contribution in [0.1, 0.15) is 6.92 Å². The summed E-state index contributed by atoms with van der Waals surface area (Å²) in [5.41, 5.74) is 0.223. The molecule has 0 fully saturated rings. The molecule has 1 N–H and O–H groups in total. The zero-order chi connectivity index (χ0) is 16.5. The Bertz CT molecular complexity index is 525. The standard InChI is InChI=1S/C15H17ClO6/c1-10(2)15(19)22-8-12(17)7-21-14(18)9-20-13-5-3-11(16)4-6-13/h3-6,12,17H,1,7-9H2,2H3. The van der Waals surface area contributed by atoms with Gasteiger partial charge in [0, 0.05) is 10.6 Å². The van der Waals surface area contributed by atoms with Crippen LogP contribution in [0, 0.1) is 0 Å². The zero-order valence-electron chi connectivity index (χ0n) is 12.1. The van der Waals surface area contributed by atoms with Gasteiger partial charge in [-0.15, -0.1) is 0 Å². The second-order valence-electron chi connectivity index (χ2n) is 4.46. The molecule has 0 aliphatic carbocycles. The normalized spacial score (nSPS) is 11.4. The van der Waals surface area contributed by atoms with Crippen molar-refractivity contribution in [2.24, 2.45) is 0 Å². The van der Waals surface area contributed by atoms with E-state index in [4.69, 9.17) is 25.8 Å². The predicted octanol–water partition coefficient (Wildman–Crippen LogP) is 1.74. The fourth-order valence-corrected chi connectivity index (χ4v) is 1.37. The molecule has 0 aliphatic heterocycles. The third-order valence-electron chi connectivity index (χ3n) is 2.36. The second-order valence-corrected chi connectivity index (χ2v) is 4.89. The number of hydrogen-bond donors (Lipinski definition) is 1. The van der Waals surface area contributed by atoms with Crippen LogP contribution in [0.15, 0.2) is 36.4 Å². The summed E-state index contributed by atoms with van der Waals surface area (Å²) in [5, 5.41) is 10.1. The van der Waals surface area contributed by atoms with Crippen molar-refractivity contribution in [3.8, 4) is 5.75 Å². The van der Waals surface area contributed by atoms with Crippen LogP contribution in [0.4, 0.5) is 0 Å². The fraction of sp³-hybridized carbons (Fsp3) is 0.333. The Labute approximate surface area is 133 Å². The van der Waals surface area contributed by atoms with Crippen LogP contribution in [0.25, 0.3) is 0 Å². The molecular weight excluding hydrogens is 312 g/mol. The molecule has 22 heavy (non-hydrogen) atoms. The number of halogens is 1. The molecule has 0 radical (unpaired) electrons. The highest BCUT2D eigenvalue weighted by molar-refractivity contribution is 6.30. The van der Waals surface area contributed by atoms with Gasteiger partial charge in [0.2, 0.25) is 0 Å². The number of hydrogen-bond acceptors (Lipinski definition) is 6. The highest BCUT2D eigenvalue weighted by atomic mass is 35.5. The van der Waals surface area contributed by atoms with Crippen LogP contribution in [0.2, 0.25) is 5.02 Å². The smallest absolute Gasteiger partial charge is 0.344 e. The molecule has 0 heterocycles. The molecule has 0 aliphatic rings. The minimum absolute atomic E-state index is 0.223. The lowest BCUT2D eigenvalue weighted by Gasteiger charge is -2.12. The molecule has 1 aromatic rings. The molecule has 120 valence electrons. The van der Waals surface area contributed by atoms with Gasteiger partial charge in [0.15, 0.2) is 6.61 Å². The van der Waals surface area contributed by atoms with Crippen molar-refractivity contribution in [3.63, 3.8) is 0 Å². The molecule has 0 spiro atoms. The number of carbonyl (C=O) groups excluding carboxylic acids is 2. The zero-order valence-corrected chi connectivity index (χ0v) is 12.8. The largest absolute Gasteiger partial charge is 0.482 e. The number of esters is 2. The molecule has 0 saturated heterocycles. The first-order valence-corrected chi connectivity index (χ1v) is 6.81. The fourth-order valence-electron chi connectivity index (χ4n) is 1.25. The van der Waals surface area contributed by atoms with Crippen LogP contribution in [-0.2, 0) is 19.1 Å². The first kappa shape index (κ1) is 18.0. The van der Waals surface area contributed by atoms with E-state index >= 15 is 0 Å². The van der Waals surface area contributed by atoms with Crippen molar-refractivity contribution in [2.75, 3.05) is 19.8 Å². The molecule has 0 aromatic heterocycles. The molecule has 0 bridgehead atoms. The molecule has 7 heteroatoms. The molecule has 0 amide bonds. The van der Waals surface area contributed by atoms with E-state index in [1.807, 2.05) is 0 Å². The number of benzene rings is 1. The lowest BCUT2D eigenvalue weighted by molar-refractivity contribution is -0.152. The molecule has 1 aromatic carbocycles.